The molecule has 1 saturated heterocycles. The van der Waals surface area contributed by atoms with Crippen LogP contribution < -0.4 is 5.73 Å². The van der Waals surface area contributed by atoms with Gasteiger partial charge < -0.3 is 5.73 Å². The van der Waals surface area contributed by atoms with Crippen LogP contribution in [-0.2, 0) is 4.79 Å². The lowest BCUT2D eigenvalue weighted by atomic mass is 9.93. The van der Waals surface area contributed by atoms with E-state index >= 15 is 0 Å². The van der Waals surface area contributed by atoms with Crippen LogP contribution in [0.2, 0.25) is 0 Å². The lowest BCUT2D eigenvalue weighted by molar-refractivity contribution is -0.122. The number of hydrogen-bond acceptors (Lipinski definition) is 7. The number of ketones is 1. The molecule has 2 amide bonds. The molecule has 1 saturated carbocycles. The molecule has 1 aliphatic carbocycles. The van der Waals surface area contributed by atoms with Crippen molar-refractivity contribution >= 4 is 57.7 Å². The highest BCUT2D eigenvalue weighted by Crippen LogP contribution is 2.44. The molecule has 0 spiro atoms. The van der Waals surface area contributed by atoms with Gasteiger partial charge in [-0.25, -0.2) is 0 Å². The smallest absolute Gasteiger partial charge is 0.293 e. The molecule has 10 heteroatoms. The first-order valence-corrected chi connectivity index (χ1v) is 9.10. The molecule has 2 aliphatic rings. The number of thioether (sulfide) groups is 1. The van der Waals surface area contributed by atoms with Gasteiger partial charge in [-0.1, -0.05) is 5.57 Å². The Bertz CT molecular complexity index is 767. The molecule has 0 aromatic carbocycles. The van der Waals surface area contributed by atoms with Gasteiger partial charge in [0.1, 0.15) is 15.8 Å². The minimum atomic E-state index is -0.788. The number of halogens is 2. The van der Waals surface area contributed by atoms with E-state index < -0.39 is 21.3 Å². The van der Waals surface area contributed by atoms with E-state index in [-0.39, 0.29) is 18.1 Å². The van der Waals surface area contributed by atoms with Gasteiger partial charge in [0.15, 0.2) is 0 Å². The summed E-state index contributed by atoms with van der Waals surface area (Å²) in [7, 11) is 0. The standard InChI is InChI=1S/C15H14Cl2N4O3S/c16-15(17)5-3-8(4-6-15)12-13(23)21(14(24)25-12)7-10(22)9-1-2-11(18)20-19-9/h1-2H,3-7H2,(H2,18,20). The minimum Gasteiger partial charge on any atom is -0.382 e. The summed E-state index contributed by atoms with van der Waals surface area (Å²) in [6.45, 7) is -0.380. The number of amides is 2. The highest BCUT2D eigenvalue weighted by molar-refractivity contribution is 8.18. The summed E-state index contributed by atoms with van der Waals surface area (Å²) in [6.07, 6.45) is 2.16. The largest absolute Gasteiger partial charge is 0.382 e. The lowest BCUT2D eigenvalue weighted by Crippen LogP contribution is -2.34. The second-order valence-corrected chi connectivity index (χ2v) is 8.42. The van der Waals surface area contributed by atoms with E-state index in [0.717, 1.165) is 22.2 Å². The fraction of sp³-hybridized carbons (Fsp3) is 0.400. The van der Waals surface area contributed by atoms with Crippen LogP contribution in [0.15, 0.2) is 22.6 Å². The summed E-state index contributed by atoms with van der Waals surface area (Å²) >= 11 is 13.0. The lowest BCUT2D eigenvalue weighted by Gasteiger charge is -2.26. The van der Waals surface area contributed by atoms with Crippen molar-refractivity contribution in [3.8, 4) is 0 Å². The van der Waals surface area contributed by atoms with Gasteiger partial charge in [0.25, 0.3) is 11.1 Å². The number of nitrogens with two attached hydrogens (primary N) is 1. The number of imide groups is 1. The number of allylic oxidation sites excluding steroid dienone is 1. The van der Waals surface area contributed by atoms with E-state index in [0.29, 0.717) is 30.6 Å². The summed E-state index contributed by atoms with van der Waals surface area (Å²) in [5.74, 6) is -0.761. The first-order chi connectivity index (χ1) is 11.8. The summed E-state index contributed by atoms with van der Waals surface area (Å²) in [5.41, 5.74) is 6.33. The highest BCUT2D eigenvalue weighted by atomic mass is 35.5. The Balaban J connectivity index is 1.73. The monoisotopic (exact) mass is 400 g/mol. The summed E-state index contributed by atoms with van der Waals surface area (Å²) in [5, 5.41) is 6.79. The van der Waals surface area contributed by atoms with Gasteiger partial charge in [0.05, 0.1) is 11.4 Å². The molecule has 132 valence electrons. The van der Waals surface area contributed by atoms with Gasteiger partial charge in [0.2, 0.25) is 5.78 Å². The van der Waals surface area contributed by atoms with Crippen molar-refractivity contribution in [2.45, 2.75) is 30.0 Å². The predicted molar refractivity (Wildman–Crippen MR) is 95.4 cm³/mol. The van der Waals surface area contributed by atoms with E-state index in [1.54, 1.807) is 0 Å². The molecule has 0 atom stereocenters. The zero-order chi connectivity index (χ0) is 18.2. The quantitative estimate of drug-likeness (QED) is 0.472. The van der Waals surface area contributed by atoms with Gasteiger partial charge in [-0.2, -0.15) is 0 Å². The van der Waals surface area contributed by atoms with Crippen LogP contribution in [0.5, 0.6) is 0 Å². The highest BCUT2D eigenvalue weighted by Gasteiger charge is 2.40. The normalized spacial score (nSPS) is 20.3. The van der Waals surface area contributed by atoms with Crippen molar-refractivity contribution in [2.24, 2.45) is 0 Å². The topological polar surface area (TPSA) is 106 Å². The van der Waals surface area contributed by atoms with Gasteiger partial charge in [-0.3, -0.25) is 19.3 Å². The van der Waals surface area contributed by atoms with Crippen LogP contribution in [-0.4, -0.2) is 42.9 Å². The molecule has 1 aliphatic heterocycles. The summed E-state index contributed by atoms with van der Waals surface area (Å²) in [6, 6.07) is 2.84. The van der Waals surface area contributed by atoms with Crippen molar-refractivity contribution in [3.05, 3.63) is 28.3 Å². The second-order valence-electron chi connectivity index (χ2n) is 5.81. The molecule has 3 rings (SSSR count). The fourth-order valence-electron chi connectivity index (χ4n) is 2.61. The molecule has 25 heavy (non-hydrogen) atoms. The van der Waals surface area contributed by atoms with Gasteiger partial charge >= 0.3 is 0 Å². The third kappa shape index (κ3) is 3.96. The molecule has 1 aromatic heterocycles. The van der Waals surface area contributed by atoms with E-state index in [1.807, 2.05) is 0 Å². The minimum absolute atomic E-state index is 0.0487. The van der Waals surface area contributed by atoms with Crippen LogP contribution in [0.3, 0.4) is 0 Å². The van der Waals surface area contributed by atoms with Gasteiger partial charge in [-0.05, 0) is 49.6 Å². The molecule has 0 bridgehead atoms. The number of nitrogens with zero attached hydrogens (tertiary/aromatic N) is 3. The average molecular weight is 401 g/mol. The van der Waals surface area contributed by atoms with Crippen molar-refractivity contribution in [3.63, 3.8) is 0 Å². The number of alkyl halides is 2. The first kappa shape index (κ1) is 18.2. The molecule has 7 nitrogen and oxygen atoms in total. The Hall–Kier alpha value is -1.64. The number of anilines is 1. The van der Waals surface area contributed by atoms with Crippen LogP contribution in [0.1, 0.15) is 36.2 Å². The Morgan fingerprint density at radius 1 is 1.24 bits per heavy atom. The van der Waals surface area contributed by atoms with E-state index in [4.69, 9.17) is 28.9 Å². The van der Waals surface area contributed by atoms with Crippen LogP contribution in [0.4, 0.5) is 10.6 Å². The first-order valence-electron chi connectivity index (χ1n) is 7.53. The Labute approximate surface area is 157 Å². The third-order valence-corrected chi connectivity index (χ3v) is 5.85. The number of hydrogen-bond donors (Lipinski definition) is 1. The molecule has 2 heterocycles. The number of rotatable bonds is 3. The molecule has 2 fully saturated rings. The van der Waals surface area contributed by atoms with Crippen LogP contribution in [0.25, 0.3) is 0 Å². The molecule has 0 radical (unpaired) electrons. The maximum Gasteiger partial charge on any atom is 0.293 e. The van der Waals surface area contributed by atoms with Crippen molar-refractivity contribution in [1.29, 1.82) is 0 Å². The van der Waals surface area contributed by atoms with Crippen molar-refractivity contribution in [1.82, 2.24) is 15.1 Å². The maximum absolute atomic E-state index is 12.5. The van der Waals surface area contributed by atoms with Gasteiger partial charge in [-0.15, -0.1) is 33.4 Å². The zero-order valence-corrected chi connectivity index (χ0v) is 15.3. The third-order valence-electron chi connectivity index (χ3n) is 4.03. The zero-order valence-electron chi connectivity index (χ0n) is 13.0. The van der Waals surface area contributed by atoms with Crippen LogP contribution >= 0.6 is 35.0 Å². The van der Waals surface area contributed by atoms with E-state index in [2.05, 4.69) is 10.2 Å². The second kappa shape index (κ2) is 6.93. The molecule has 2 N–H and O–H groups in total. The number of aromatic nitrogens is 2. The molecule has 0 unspecified atom stereocenters. The molecular formula is C15H14Cl2N4O3S. The summed E-state index contributed by atoms with van der Waals surface area (Å²) < 4.78 is -0.788. The Morgan fingerprint density at radius 3 is 2.52 bits per heavy atom. The Kier molecular flexibility index (Phi) is 5.04. The summed E-state index contributed by atoms with van der Waals surface area (Å²) in [4.78, 5) is 38.2. The van der Waals surface area contributed by atoms with E-state index in [1.165, 1.54) is 12.1 Å². The SMILES string of the molecule is Nc1ccc(C(=O)CN2C(=O)SC(=C3CCC(Cl)(Cl)CC3)C2=O)nn1. The number of carbonyl (C=O) groups is 3. The van der Waals surface area contributed by atoms with Crippen LogP contribution in [0, 0.1) is 0 Å². The number of Topliss-reactive ketones (excluding diaryl/α,β-unsaturated/α-hetero) is 1. The molecule has 1 aromatic rings. The van der Waals surface area contributed by atoms with Gasteiger partial charge in [0, 0.05) is 0 Å². The number of carbonyl (C=O) groups excluding carboxylic acids is 3. The van der Waals surface area contributed by atoms with Crippen molar-refractivity contribution in [2.75, 3.05) is 12.3 Å². The van der Waals surface area contributed by atoms with Crippen molar-refractivity contribution < 1.29 is 14.4 Å². The Morgan fingerprint density at radius 2 is 1.92 bits per heavy atom. The van der Waals surface area contributed by atoms with E-state index in [9.17, 15) is 14.4 Å². The average Bonchev–Trinajstić information content (AvgIpc) is 2.83. The predicted octanol–water partition coefficient (Wildman–Crippen LogP) is 2.94. The maximum atomic E-state index is 12.5. The number of nitrogen functional groups attached to an aromatic ring is 1. The fourth-order valence-corrected chi connectivity index (χ4v) is 3.97. The molecular weight excluding hydrogens is 387 g/mol.